The molecule has 0 heterocycles. The summed E-state index contributed by atoms with van der Waals surface area (Å²) in [6.45, 7) is 1.36. The highest BCUT2D eigenvalue weighted by atomic mass is 32.2. The summed E-state index contributed by atoms with van der Waals surface area (Å²) in [5.41, 5.74) is -0.717. The van der Waals surface area contributed by atoms with Gasteiger partial charge in [0.05, 0.1) is 10.7 Å². The van der Waals surface area contributed by atoms with Gasteiger partial charge in [-0.3, -0.25) is 14.9 Å². The smallest absolute Gasteiger partial charge is 0.268 e. The highest BCUT2D eigenvalue weighted by Crippen LogP contribution is 2.17. The van der Waals surface area contributed by atoms with Crippen molar-refractivity contribution in [3.63, 3.8) is 0 Å². The first-order valence-corrected chi connectivity index (χ1v) is 6.31. The zero-order valence-corrected chi connectivity index (χ0v) is 9.73. The molecule has 0 saturated carbocycles. The summed E-state index contributed by atoms with van der Waals surface area (Å²) in [6.07, 6.45) is 0. The van der Waals surface area contributed by atoms with Crippen LogP contribution in [0.15, 0.2) is 24.3 Å². The second-order valence-corrected chi connectivity index (χ2v) is 5.12. The fraction of sp³-hybridized carbons (Fsp3) is 0.222. The number of nitro groups is 1. The highest BCUT2D eigenvalue weighted by molar-refractivity contribution is 7.90. The van der Waals surface area contributed by atoms with Crippen molar-refractivity contribution in [2.75, 3.05) is 5.75 Å². The predicted octanol–water partition coefficient (Wildman–Crippen LogP) is 0.674. The van der Waals surface area contributed by atoms with Crippen LogP contribution < -0.4 is 4.72 Å². The van der Waals surface area contributed by atoms with Gasteiger partial charge in [0, 0.05) is 6.07 Å². The number of para-hydroxylation sites is 1. The molecule has 1 N–H and O–H groups in total. The molecule has 0 spiro atoms. The molecule has 92 valence electrons. The Morgan fingerprint density at radius 2 is 2.00 bits per heavy atom. The molecule has 0 aliphatic heterocycles. The van der Waals surface area contributed by atoms with Gasteiger partial charge in [-0.05, 0) is 13.0 Å². The number of nitrogens with one attached hydrogen (secondary N) is 1. The molecular formula is C9H10N2O5S. The molecule has 0 atom stereocenters. The fourth-order valence-corrected chi connectivity index (χ4v) is 1.63. The Hall–Kier alpha value is -1.96. The summed E-state index contributed by atoms with van der Waals surface area (Å²) in [7, 11) is -3.73. The highest BCUT2D eigenvalue weighted by Gasteiger charge is 2.22. The van der Waals surface area contributed by atoms with Crippen LogP contribution in [0.4, 0.5) is 5.69 Å². The van der Waals surface area contributed by atoms with Crippen molar-refractivity contribution in [1.82, 2.24) is 4.72 Å². The quantitative estimate of drug-likeness (QED) is 0.631. The summed E-state index contributed by atoms with van der Waals surface area (Å²) in [5, 5.41) is 10.6. The first-order chi connectivity index (χ1) is 7.87. The zero-order valence-electron chi connectivity index (χ0n) is 8.91. The first kappa shape index (κ1) is 13.1. The Bertz CT molecular complexity index is 552. The lowest BCUT2D eigenvalue weighted by Crippen LogP contribution is -2.32. The lowest BCUT2D eigenvalue weighted by molar-refractivity contribution is -0.385. The molecule has 1 aromatic rings. The van der Waals surface area contributed by atoms with E-state index >= 15 is 0 Å². The topological polar surface area (TPSA) is 106 Å². The van der Waals surface area contributed by atoms with Crippen LogP contribution in [0.3, 0.4) is 0 Å². The van der Waals surface area contributed by atoms with E-state index in [2.05, 4.69) is 0 Å². The predicted molar refractivity (Wildman–Crippen MR) is 60.0 cm³/mol. The van der Waals surface area contributed by atoms with E-state index in [-0.39, 0.29) is 11.3 Å². The van der Waals surface area contributed by atoms with Crippen LogP contribution in [-0.2, 0) is 10.0 Å². The molecular weight excluding hydrogens is 248 g/mol. The van der Waals surface area contributed by atoms with E-state index in [0.717, 1.165) is 6.07 Å². The van der Waals surface area contributed by atoms with Gasteiger partial charge < -0.3 is 0 Å². The van der Waals surface area contributed by atoms with Gasteiger partial charge in [0.2, 0.25) is 10.0 Å². The number of carbonyl (C=O) groups is 1. The number of benzene rings is 1. The Kier molecular flexibility index (Phi) is 3.79. The van der Waals surface area contributed by atoms with E-state index < -0.39 is 26.5 Å². The number of amides is 1. The van der Waals surface area contributed by atoms with Gasteiger partial charge in [0.15, 0.2) is 0 Å². The lowest BCUT2D eigenvalue weighted by atomic mass is 10.2. The van der Waals surface area contributed by atoms with E-state index in [1.165, 1.54) is 25.1 Å². The van der Waals surface area contributed by atoms with Crippen LogP contribution in [0.2, 0.25) is 0 Å². The van der Waals surface area contributed by atoms with E-state index in [4.69, 9.17) is 0 Å². The molecule has 0 fully saturated rings. The fourth-order valence-electron chi connectivity index (χ4n) is 1.09. The van der Waals surface area contributed by atoms with E-state index in [1.807, 2.05) is 0 Å². The van der Waals surface area contributed by atoms with Crippen LogP contribution in [0.5, 0.6) is 0 Å². The maximum atomic E-state index is 11.5. The van der Waals surface area contributed by atoms with Crippen molar-refractivity contribution in [3.05, 3.63) is 39.9 Å². The standard InChI is InChI=1S/C9H10N2O5S/c1-2-17(15,16)10-9(12)7-5-3-4-6-8(7)11(13)14/h3-6H,2H2,1H3,(H,10,12). The zero-order chi connectivity index (χ0) is 13.1. The number of sulfonamides is 1. The molecule has 0 aromatic heterocycles. The summed E-state index contributed by atoms with van der Waals surface area (Å²) in [4.78, 5) is 21.4. The number of nitro benzene ring substituents is 1. The van der Waals surface area contributed by atoms with Crippen LogP contribution in [-0.4, -0.2) is 25.0 Å². The van der Waals surface area contributed by atoms with Crippen molar-refractivity contribution >= 4 is 21.6 Å². The van der Waals surface area contributed by atoms with Crippen LogP contribution >= 0.6 is 0 Å². The molecule has 0 aliphatic rings. The Morgan fingerprint density at radius 1 is 1.41 bits per heavy atom. The minimum Gasteiger partial charge on any atom is -0.268 e. The van der Waals surface area contributed by atoms with Crippen LogP contribution in [0, 0.1) is 10.1 Å². The number of nitrogens with zero attached hydrogens (tertiary/aromatic N) is 1. The molecule has 0 aliphatic carbocycles. The third kappa shape index (κ3) is 3.25. The Labute approximate surface area is 97.7 Å². The second-order valence-electron chi connectivity index (χ2n) is 3.11. The van der Waals surface area contributed by atoms with Crippen molar-refractivity contribution in [2.45, 2.75) is 6.92 Å². The summed E-state index contributed by atoms with van der Waals surface area (Å²) in [6, 6.07) is 5.13. The van der Waals surface area contributed by atoms with E-state index in [0.29, 0.717) is 0 Å². The third-order valence-electron chi connectivity index (χ3n) is 1.97. The molecule has 17 heavy (non-hydrogen) atoms. The van der Waals surface area contributed by atoms with Gasteiger partial charge in [-0.1, -0.05) is 12.1 Å². The summed E-state index contributed by atoms with van der Waals surface area (Å²) >= 11 is 0. The first-order valence-electron chi connectivity index (χ1n) is 4.65. The van der Waals surface area contributed by atoms with Gasteiger partial charge in [0.25, 0.3) is 11.6 Å². The molecule has 1 aromatic carbocycles. The van der Waals surface area contributed by atoms with E-state index in [1.54, 1.807) is 4.72 Å². The maximum absolute atomic E-state index is 11.5. The van der Waals surface area contributed by atoms with Gasteiger partial charge in [-0.2, -0.15) is 0 Å². The summed E-state index contributed by atoms with van der Waals surface area (Å²) in [5.74, 6) is -1.28. The van der Waals surface area contributed by atoms with Crippen LogP contribution in [0.1, 0.15) is 17.3 Å². The Morgan fingerprint density at radius 3 is 2.53 bits per heavy atom. The number of carbonyl (C=O) groups excluding carboxylic acids is 1. The Balaban J connectivity index is 3.10. The molecule has 0 radical (unpaired) electrons. The molecule has 1 rings (SSSR count). The van der Waals surface area contributed by atoms with Gasteiger partial charge in [0.1, 0.15) is 5.56 Å². The van der Waals surface area contributed by atoms with Gasteiger partial charge >= 0.3 is 0 Å². The lowest BCUT2D eigenvalue weighted by Gasteiger charge is -2.04. The number of hydrogen-bond acceptors (Lipinski definition) is 5. The van der Waals surface area contributed by atoms with Crippen molar-refractivity contribution in [2.24, 2.45) is 0 Å². The average molecular weight is 258 g/mol. The summed E-state index contributed by atoms with van der Waals surface area (Å²) < 4.78 is 24.1. The van der Waals surface area contributed by atoms with Gasteiger partial charge in [-0.25, -0.2) is 13.1 Å². The minimum atomic E-state index is -3.73. The molecule has 7 nitrogen and oxygen atoms in total. The molecule has 0 bridgehead atoms. The minimum absolute atomic E-state index is 0.278. The van der Waals surface area contributed by atoms with E-state index in [9.17, 15) is 23.3 Å². The molecule has 1 amide bonds. The normalized spacial score (nSPS) is 10.9. The monoisotopic (exact) mass is 258 g/mol. The van der Waals surface area contributed by atoms with Crippen molar-refractivity contribution < 1.29 is 18.1 Å². The average Bonchev–Trinajstić information content (AvgIpc) is 2.28. The largest absolute Gasteiger partial charge is 0.282 e. The second kappa shape index (κ2) is 4.91. The van der Waals surface area contributed by atoms with Crippen molar-refractivity contribution in [3.8, 4) is 0 Å². The van der Waals surface area contributed by atoms with Crippen LogP contribution in [0.25, 0.3) is 0 Å². The maximum Gasteiger partial charge on any atom is 0.282 e. The third-order valence-corrected chi connectivity index (χ3v) is 3.23. The molecule has 0 saturated heterocycles. The number of hydrogen-bond donors (Lipinski definition) is 1. The molecule has 0 unspecified atom stereocenters. The van der Waals surface area contributed by atoms with Gasteiger partial charge in [-0.15, -0.1) is 0 Å². The van der Waals surface area contributed by atoms with Crippen molar-refractivity contribution in [1.29, 1.82) is 0 Å². The SMILES string of the molecule is CCS(=O)(=O)NC(=O)c1ccccc1[N+](=O)[O-]. The number of rotatable bonds is 4. The molecule has 8 heteroatoms.